The summed E-state index contributed by atoms with van der Waals surface area (Å²) in [5, 5.41) is 10.0. The number of hydrogen-bond donors (Lipinski definition) is 1. The minimum Gasteiger partial charge on any atom is -0.477 e. The van der Waals surface area contributed by atoms with Gasteiger partial charge >= 0.3 is 5.97 Å². The van der Waals surface area contributed by atoms with Crippen LogP contribution in [0.4, 0.5) is 13.2 Å². The lowest BCUT2D eigenvalue weighted by Gasteiger charge is -2.07. The number of fused-ring (bicyclic) bond motifs is 1. The molecule has 0 fully saturated rings. The molecular formula is C17H12F3NO2S. The molecule has 7 heteroatoms. The second-order valence-corrected chi connectivity index (χ2v) is 6.61. The van der Waals surface area contributed by atoms with E-state index < -0.39 is 23.4 Å². The van der Waals surface area contributed by atoms with Gasteiger partial charge in [-0.05, 0) is 23.6 Å². The van der Waals surface area contributed by atoms with Gasteiger partial charge in [-0.25, -0.2) is 18.0 Å². The van der Waals surface area contributed by atoms with Crippen LogP contribution in [0.5, 0.6) is 0 Å². The molecule has 124 valence electrons. The Hall–Kier alpha value is -2.41. The Labute approximate surface area is 139 Å². The third-order valence-corrected chi connectivity index (χ3v) is 4.88. The summed E-state index contributed by atoms with van der Waals surface area (Å²) in [4.78, 5) is 15.7. The van der Waals surface area contributed by atoms with Gasteiger partial charge in [0.25, 0.3) is 0 Å². The van der Waals surface area contributed by atoms with Crippen LogP contribution in [0.15, 0.2) is 24.4 Å². The van der Waals surface area contributed by atoms with Gasteiger partial charge in [-0.2, -0.15) is 0 Å². The number of nitrogens with zero attached hydrogens (tertiary/aromatic N) is 1. The van der Waals surface area contributed by atoms with Gasteiger partial charge in [0.15, 0.2) is 11.6 Å². The molecule has 0 amide bonds. The van der Waals surface area contributed by atoms with Gasteiger partial charge in [-0.15, -0.1) is 11.3 Å². The Morgan fingerprint density at radius 1 is 1.25 bits per heavy atom. The van der Waals surface area contributed by atoms with Crippen LogP contribution in [0.1, 0.15) is 35.0 Å². The van der Waals surface area contributed by atoms with E-state index in [4.69, 9.17) is 0 Å². The number of carboxylic acids is 1. The molecule has 0 aliphatic carbocycles. The minimum atomic E-state index is -1.32. The first kappa shape index (κ1) is 16.4. The van der Waals surface area contributed by atoms with Crippen molar-refractivity contribution in [1.82, 2.24) is 4.98 Å². The quantitative estimate of drug-likeness (QED) is 0.660. The number of benzene rings is 1. The van der Waals surface area contributed by atoms with E-state index in [9.17, 15) is 23.1 Å². The summed E-state index contributed by atoms with van der Waals surface area (Å²) in [6.07, 6.45) is 1.38. The predicted octanol–water partition coefficient (Wildman–Crippen LogP) is 5.20. The summed E-state index contributed by atoms with van der Waals surface area (Å²) in [6, 6.07) is 2.94. The average Bonchev–Trinajstić information content (AvgIpc) is 2.90. The fourth-order valence-corrected chi connectivity index (χ4v) is 3.99. The Morgan fingerprint density at radius 2 is 1.96 bits per heavy atom. The van der Waals surface area contributed by atoms with Crippen LogP contribution in [0, 0.1) is 17.5 Å². The molecule has 0 saturated carbocycles. The molecule has 1 aromatic carbocycles. The van der Waals surface area contributed by atoms with Crippen molar-refractivity contribution in [2.24, 2.45) is 0 Å². The number of hydrogen-bond acceptors (Lipinski definition) is 3. The van der Waals surface area contributed by atoms with Gasteiger partial charge in [0.1, 0.15) is 10.7 Å². The van der Waals surface area contributed by atoms with Crippen LogP contribution in [-0.2, 0) is 0 Å². The molecule has 0 aliphatic heterocycles. The van der Waals surface area contributed by atoms with Crippen LogP contribution in [0.2, 0.25) is 0 Å². The lowest BCUT2D eigenvalue weighted by Crippen LogP contribution is -1.99. The maximum absolute atomic E-state index is 14.1. The zero-order chi connectivity index (χ0) is 17.6. The van der Waals surface area contributed by atoms with E-state index in [1.165, 1.54) is 6.20 Å². The number of halogens is 3. The molecule has 24 heavy (non-hydrogen) atoms. The highest BCUT2D eigenvalue weighted by Crippen LogP contribution is 2.41. The molecular weight excluding hydrogens is 339 g/mol. The van der Waals surface area contributed by atoms with Crippen molar-refractivity contribution < 1.29 is 23.1 Å². The summed E-state index contributed by atoms with van der Waals surface area (Å²) in [7, 11) is 0. The van der Waals surface area contributed by atoms with Crippen LogP contribution in [0.25, 0.3) is 21.3 Å². The van der Waals surface area contributed by atoms with E-state index in [0.29, 0.717) is 21.7 Å². The van der Waals surface area contributed by atoms with Crippen LogP contribution in [0.3, 0.4) is 0 Å². The molecule has 2 aromatic heterocycles. The van der Waals surface area contributed by atoms with E-state index in [2.05, 4.69) is 4.98 Å². The number of carbonyl (C=O) groups is 1. The van der Waals surface area contributed by atoms with Crippen molar-refractivity contribution in [1.29, 1.82) is 0 Å². The summed E-state index contributed by atoms with van der Waals surface area (Å²) >= 11 is 0.929. The normalized spacial score (nSPS) is 11.4. The van der Waals surface area contributed by atoms with E-state index in [1.807, 2.05) is 13.8 Å². The highest BCUT2D eigenvalue weighted by Gasteiger charge is 2.24. The second-order valence-electron chi connectivity index (χ2n) is 5.59. The van der Waals surface area contributed by atoms with Gasteiger partial charge < -0.3 is 5.11 Å². The molecule has 3 nitrogen and oxygen atoms in total. The second kappa shape index (κ2) is 5.90. The minimum absolute atomic E-state index is 0.0304. The van der Waals surface area contributed by atoms with Crippen molar-refractivity contribution in [2.75, 3.05) is 0 Å². The molecule has 0 spiro atoms. The van der Waals surface area contributed by atoms with Gasteiger partial charge in [0.2, 0.25) is 0 Å². The first-order valence-electron chi connectivity index (χ1n) is 7.10. The predicted molar refractivity (Wildman–Crippen MR) is 86.0 cm³/mol. The summed E-state index contributed by atoms with van der Waals surface area (Å²) in [5.41, 5.74) is 0.304. The maximum Gasteiger partial charge on any atom is 0.346 e. The third kappa shape index (κ3) is 2.54. The fraction of sp³-hybridized carbons (Fsp3) is 0.176. The highest BCUT2D eigenvalue weighted by atomic mass is 32.1. The molecule has 3 rings (SSSR count). The number of pyridine rings is 1. The standard InChI is InChI=1S/C17H12F3NO2S/c1-7(2)12-9-3-4-21-14(15(9)24-16(12)17(22)23)10-5-8(18)6-11(19)13(10)20/h3-7H,1-2H3,(H,22,23). The van der Waals surface area contributed by atoms with Gasteiger partial charge in [0.05, 0.1) is 10.4 Å². The lowest BCUT2D eigenvalue weighted by atomic mass is 9.98. The molecule has 2 heterocycles. The van der Waals surface area contributed by atoms with Crippen molar-refractivity contribution in [3.63, 3.8) is 0 Å². The maximum atomic E-state index is 14.1. The molecule has 0 radical (unpaired) electrons. The molecule has 1 N–H and O–H groups in total. The van der Waals surface area contributed by atoms with E-state index in [-0.39, 0.29) is 22.1 Å². The molecule has 0 bridgehead atoms. The Morgan fingerprint density at radius 3 is 2.58 bits per heavy atom. The van der Waals surface area contributed by atoms with Crippen molar-refractivity contribution >= 4 is 27.4 Å². The SMILES string of the molecule is CC(C)c1c(C(=O)O)sc2c(-c3cc(F)cc(F)c3F)nccc12. The molecule has 0 atom stereocenters. The number of rotatable bonds is 3. The van der Waals surface area contributed by atoms with Crippen molar-refractivity contribution in [3.05, 3.63) is 52.3 Å². The van der Waals surface area contributed by atoms with Crippen molar-refractivity contribution in [3.8, 4) is 11.3 Å². The van der Waals surface area contributed by atoms with Gasteiger partial charge in [-0.1, -0.05) is 13.8 Å². The van der Waals surface area contributed by atoms with E-state index in [0.717, 1.165) is 17.4 Å². The zero-order valence-electron chi connectivity index (χ0n) is 12.7. The van der Waals surface area contributed by atoms with E-state index in [1.54, 1.807) is 6.07 Å². The largest absolute Gasteiger partial charge is 0.477 e. The summed E-state index contributed by atoms with van der Waals surface area (Å²) in [5.74, 6) is -4.65. The first-order valence-corrected chi connectivity index (χ1v) is 7.92. The third-order valence-electron chi connectivity index (χ3n) is 3.66. The Kier molecular flexibility index (Phi) is 4.04. The fourth-order valence-electron chi connectivity index (χ4n) is 2.70. The number of aromatic carboxylic acids is 1. The highest BCUT2D eigenvalue weighted by molar-refractivity contribution is 7.21. The number of carboxylic acid groups (broad SMARTS) is 1. The zero-order valence-corrected chi connectivity index (χ0v) is 13.5. The van der Waals surface area contributed by atoms with Crippen LogP contribution in [-0.4, -0.2) is 16.1 Å². The summed E-state index contributed by atoms with van der Waals surface area (Å²) < 4.78 is 41.6. The monoisotopic (exact) mass is 351 g/mol. The Balaban J connectivity index is 2.40. The van der Waals surface area contributed by atoms with Gasteiger partial charge in [0, 0.05) is 23.2 Å². The van der Waals surface area contributed by atoms with Crippen LogP contribution >= 0.6 is 11.3 Å². The molecule has 0 saturated heterocycles. The van der Waals surface area contributed by atoms with Gasteiger partial charge in [-0.3, -0.25) is 4.98 Å². The molecule has 0 aliphatic rings. The lowest BCUT2D eigenvalue weighted by molar-refractivity contribution is 0.0701. The number of thiophene rings is 1. The topological polar surface area (TPSA) is 50.2 Å². The first-order chi connectivity index (χ1) is 11.3. The van der Waals surface area contributed by atoms with Crippen LogP contribution < -0.4 is 0 Å². The summed E-state index contributed by atoms with van der Waals surface area (Å²) in [6.45, 7) is 3.69. The van der Waals surface area contributed by atoms with Crippen molar-refractivity contribution in [2.45, 2.75) is 19.8 Å². The smallest absolute Gasteiger partial charge is 0.346 e. The molecule has 3 aromatic rings. The Bertz CT molecular complexity index is 966. The molecule has 0 unspecified atom stereocenters. The average molecular weight is 351 g/mol. The van der Waals surface area contributed by atoms with E-state index >= 15 is 0 Å². The number of aromatic nitrogens is 1.